The fraction of sp³-hybridized carbons (Fsp3) is 0.231. The lowest BCUT2D eigenvalue weighted by Crippen LogP contribution is -1.93. The number of aryl methyl sites for hydroxylation is 2. The van der Waals surface area contributed by atoms with E-state index in [1.165, 1.54) is 0 Å². The minimum Gasteiger partial charge on any atom is -0.452 e. The van der Waals surface area contributed by atoms with Crippen molar-refractivity contribution in [2.24, 2.45) is 7.05 Å². The highest BCUT2D eigenvalue weighted by atomic mass is 35.5. The van der Waals surface area contributed by atoms with Gasteiger partial charge in [0.25, 0.3) is 0 Å². The average molecular weight is 265 g/mol. The van der Waals surface area contributed by atoms with Gasteiger partial charge in [0.15, 0.2) is 5.75 Å². The van der Waals surface area contributed by atoms with Crippen molar-refractivity contribution in [2.45, 2.75) is 13.8 Å². The Bertz CT molecular complexity index is 605. The number of halogens is 1. The van der Waals surface area contributed by atoms with E-state index in [1.54, 1.807) is 22.9 Å². The van der Waals surface area contributed by atoms with Gasteiger partial charge < -0.3 is 4.74 Å². The minimum absolute atomic E-state index is 0.405. The lowest BCUT2D eigenvalue weighted by atomic mass is 10.2. The second-order valence-electron chi connectivity index (χ2n) is 4.03. The normalized spacial score (nSPS) is 10.4. The summed E-state index contributed by atoms with van der Waals surface area (Å²) in [5, 5.41) is 4.67. The van der Waals surface area contributed by atoms with Crippen LogP contribution in [0, 0.1) is 13.8 Å². The zero-order chi connectivity index (χ0) is 13.3. The number of nitrogens with zero attached hydrogens (tertiary/aromatic N) is 2. The van der Waals surface area contributed by atoms with E-state index in [-0.39, 0.29) is 0 Å². The van der Waals surface area contributed by atoms with Crippen LogP contribution in [0.5, 0.6) is 11.5 Å². The first-order chi connectivity index (χ1) is 8.52. The van der Waals surface area contributed by atoms with E-state index in [1.807, 2.05) is 20.9 Å². The molecule has 0 radical (unpaired) electrons. The van der Waals surface area contributed by atoms with E-state index < -0.39 is 0 Å². The summed E-state index contributed by atoms with van der Waals surface area (Å²) in [6.07, 6.45) is 0.746. The molecule has 0 spiro atoms. The summed E-state index contributed by atoms with van der Waals surface area (Å²) < 4.78 is 7.51. The molecule has 4 nitrogen and oxygen atoms in total. The van der Waals surface area contributed by atoms with Gasteiger partial charge in [0.2, 0.25) is 0 Å². The summed E-state index contributed by atoms with van der Waals surface area (Å²) in [6.45, 7) is 3.79. The quantitative estimate of drug-likeness (QED) is 0.799. The van der Waals surface area contributed by atoms with Crippen LogP contribution in [0.1, 0.15) is 21.7 Å². The number of carbonyl (C=O) groups is 1. The zero-order valence-corrected chi connectivity index (χ0v) is 11.2. The lowest BCUT2D eigenvalue weighted by molar-refractivity contribution is 0.112. The third kappa shape index (κ3) is 2.24. The molecule has 0 aliphatic rings. The van der Waals surface area contributed by atoms with Gasteiger partial charge in [-0.15, -0.1) is 0 Å². The van der Waals surface area contributed by atoms with Gasteiger partial charge in [-0.25, -0.2) is 0 Å². The zero-order valence-electron chi connectivity index (χ0n) is 10.4. The molecular formula is C13H13ClN2O2. The van der Waals surface area contributed by atoms with Crippen molar-refractivity contribution in [2.75, 3.05) is 0 Å². The van der Waals surface area contributed by atoms with Crippen LogP contribution in [-0.4, -0.2) is 16.1 Å². The molecule has 0 aliphatic heterocycles. The molecule has 0 saturated carbocycles. The summed E-state index contributed by atoms with van der Waals surface area (Å²) in [5.41, 5.74) is 2.24. The molecule has 0 amide bonds. The molecule has 1 aromatic heterocycles. The van der Waals surface area contributed by atoms with E-state index in [0.29, 0.717) is 22.1 Å². The Kier molecular flexibility index (Phi) is 3.39. The van der Waals surface area contributed by atoms with Gasteiger partial charge in [0, 0.05) is 12.6 Å². The summed E-state index contributed by atoms with van der Waals surface area (Å²) >= 11 is 6.06. The minimum atomic E-state index is 0.405. The molecule has 2 rings (SSSR count). The third-order valence-electron chi connectivity index (χ3n) is 2.75. The number of carbonyl (C=O) groups excluding carboxylic acids is 1. The number of hydrogen-bond acceptors (Lipinski definition) is 3. The number of aldehydes is 1. The first-order valence-corrected chi connectivity index (χ1v) is 5.83. The van der Waals surface area contributed by atoms with Crippen LogP contribution in [-0.2, 0) is 7.05 Å². The molecule has 1 heterocycles. The molecule has 0 N–H and O–H groups in total. The average Bonchev–Trinajstić information content (AvgIpc) is 2.58. The van der Waals surface area contributed by atoms with E-state index in [9.17, 15) is 4.79 Å². The first-order valence-electron chi connectivity index (χ1n) is 5.45. The SMILES string of the molecule is Cc1nn(C)c(C)c1Oc1ccc(C=O)cc1Cl. The van der Waals surface area contributed by atoms with Crippen molar-refractivity contribution >= 4 is 17.9 Å². The highest BCUT2D eigenvalue weighted by Crippen LogP contribution is 2.33. The molecule has 0 atom stereocenters. The second kappa shape index (κ2) is 4.82. The highest BCUT2D eigenvalue weighted by Gasteiger charge is 2.13. The van der Waals surface area contributed by atoms with Crippen LogP contribution in [0.3, 0.4) is 0 Å². The Balaban J connectivity index is 2.37. The molecule has 2 aromatic rings. The topological polar surface area (TPSA) is 44.1 Å². The van der Waals surface area contributed by atoms with Crippen molar-refractivity contribution < 1.29 is 9.53 Å². The van der Waals surface area contributed by atoms with Gasteiger partial charge in [-0.3, -0.25) is 9.48 Å². The molecule has 94 valence electrons. The summed E-state index contributed by atoms with van der Waals surface area (Å²) in [4.78, 5) is 10.6. The molecule has 5 heteroatoms. The predicted molar refractivity (Wildman–Crippen MR) is 69.6 cm³/mol. The lowest BCUT2D eigenvalue weighted by Gasteiger charge is -2.08. The van der Waals surface area contributed by atoms with Crippen LogP contribution in [0.2, 0.25) is 5.02 Å². The van der Waals surface area contributed by atoms with E-state index >= 15 is 0 Å². The summed E-state index contributed by atoms with van der Waals surface area (Å²) in [5.74, 6) is 1.21. The molecule has 18 heavy (non-hydrogen) atoms. The monoisotopic (exact) mass is 264 g/mol. The van der Waals surface area contributed by atoms with Gasteiger partial charge in [0.1, 0.15) is 17.7 Å². The van der Waals surface area contributed by atoms with Gasteiger partial charge in [0.05, 0.1) is 10.7 Å². The Morgan fingerprint density at radius 1 is 1.39 bits per heavy atom. The van der Waals surface area contributed by atoms with Crippen molar-refractivity contribution in [3.8, 4) is 11.5 Å². The van der Waals surface area contributed by atoms with Crippen molar-refractivity contribution in [3.05, 3.63) is 40.2 Å². The summed E-state index contributed by atoms with van der Waals surface area (Å²) in [6, 6.07) is 4.91. The fourth-order valence-corrected chi connectivity index (χ4v) is 1.91. The molecule has 0 saturated heterocycles. The molecule has 1 aromatic carbocycles. The largest absolute Gasteiger partial charge is 0.452 e. The van der Waals surface area contributed by atoms with E-state index in [0.717, 1.165) is 17.7 Å². The van der Waals surface area contributed by atoms with Crippen LogP contribution in [0.15, 0.2) is 18.2 Å². The van der Waals surface area contributed by atoms with Crippen LogP contribution in [0.25, 0.3) is 0 Å². The Hall–Kier alpha value is -1.81. The van der Waals surface area contributed by atoms with Crippen molar-refractivity contribution in [3.63, 3.8) is 0 Å². The Morgan fingerprint density at radius 2 is 2.11 bits per heavy atom. The smallest absolute Gasteiger partial charge is 0.171 e. The van der Waals surface area contributed by atoms with Crippen LogP contribution < -0.4 is 4.74 Å². The molecule has 0 unspecified atom stereocenters. The maximum atomic E-state index is 10.6. The number of benzene rings is 1. The fourth-order valence-electron chi connectivity index (χ4n) is 1.69. The van der Waals surface area contributed by atoms with Gasteiger partial charge in [-0.05, 0) is 32.0 Å². The maximum absolute atomic E-state index is 10.6. The van der Waals surface area contributed by atoms with Crippen LogP contribution >= 0.6 is 11.6 Å². The van der Waals surface area contributed by atoms with Gasteiger partial charge >= 0.3 is 0 Å². The highest BCUT2D eigenvalue weighted by molar-refractivity contribution is 6.32. The van der Waals surface area contributed by atoms with E-state index in [2.05, 4.69) is 5.10 Å². The standard InChI is InChI=1S/C13H13ClN2O2/c1-8-13(9(2)16(3)15-8)18-12-5-4-10(7-17)6-11(12)14/h4-7H,1-3H3. The predicted octanol–water partition coefficient (Wildman–Crippen LogP) is 3.30. The Morgan fingerprint density at radius 3 is 2.61 bits per heavy atom. The summed E-state index contributed by atoms with van der Waals surface area (Å²) in [7, 11) is 1.85. The third-order valence-corrected chi connectivity index (χ3v) is 3.04. The number of hydrogen-bond donors (Lipinski definition) is 0. The maximum Gasteiger partial charge on any atom is 0.171 e. The number of ether oxygens (including phenoxy) is 1. The molecular weight excluding hydrogens is 252 g/mol. The number of rotatable bonds is 3. The first kappa shape index (κ1) is 12.6. The van der Waals surface area contributed by atoms with Gasteiger partial charge in [-0.1, -0.05) is 11.6 Å². The molecule has 0 aliphatic carbocycles. The number of aromatic nitrogens is 2. The molecule has 0 bridgehead atoms. The second-order valence-corrected chi connectivity index (χ2v) is 4.44. The van der Waals surface area contributed by atoms with Crippen molar-refractivity contribution in [1.29, 1.82) is 0 Å². The van der Waals surface area contributed by atoms with E-state index in [4.69, 9.17) is 16.3 Å². The van der Waals surface area contributed by atoms with Gasteiger partial charge in [-0.2, -0.15) is 5.10 Å². The molecule has 0 fully saturated rings. The Labute approximate surface area is 110 Å². The van der Waals surface area contributed by atoms with Crippen LogP contribution in [0.4, 0.5) is 0 Å². The van der Waals surface area contributed by atoms with Crippen molar-refractivity contribution in [1.82, 2.24) is 9.78 Å².